The van der Waals surface area contributed by atoms with E-state index in [-0.39, 0.29) is 24.2 Å². The third kappa shape index (κ3) is 4.98. The summed E-state index contributed by atoms with van der Waals surface area (Å²) < 4.78 is 18.3. The van der Waals surface area contributed by atoms with Gasteiger partial charge >= 0.3 is 0 Å². The van der Waals surface area contributed by atoms with Gasteiger partial charge in [0.2, 0.25) is 5.95 Å². The molecule has 0 saturated carbocycles. The highest BCUT2D eigenvalue weighted by molar-refractivity contribution is 6.33. The van der Waals surface area contributed by atoms with Gasteiger partial charge in [-0.25, -0.2) is 9.97 Å². The van der Waals surface area contributed by atoms with Crippen LogP contribution in [0.15, 0.2) is 47.7 Å². The fourth-order valence-electron chi connectivity index (χ4n) is 4.40. The lowest BCUT2D eigenvalue weighted by atomic mass is 10.0. The highest BCUT2D eigenvalue weighted by Crippen LogP contribution is 2.31. The average molecular weight is 536 g/mol. The second kappa shape index (κ2) is 10.4. The maximum absolute atomic E-state index is 13.9. The second-order valence-corrected chi connectivity index (χ2v) is 9.83. The van der Waals surface area contributed by atoms with Crippen molar-refractivity contribution < 1.29 is 14.2 Å². The van der Waals surface area contributed by atoms with Gasteiger partial charge in [0.15, 0.2) is 6.29 Å². The maximum Gasteiger partial charge on any atom is 0.260 e. The molecule has 4 aromatic rings. The van der Waals surface area contributed by atoms with Crippen molar-refractivity contribution in [1.82, 2.24) is 24.5 Å². The molecular formula is C26H26ClN7O4. The van der Waals surface area contributed by atoms with Crippen LogP contribution >= 0.6 is 11.6 Å². The molecule has 196 valence electrons. The lowest BCUT2D eigenvalue weighted by molar-refractivity contribution is -0.191. The number of fused-ring (bicyclic) bond motifs is 1. The Kier molecular flexibility index (Phi) is 6.76. The predicted octanol–water partition coefficient (Wildman–Crippen LogP) is 2.39. The fraction of sp³-hybridized carbons (Fsp3) is 0.346. The van der Waals surface area contributed by atoms with Crippen molar-refractivity contribution >= 4 is 28.6 Å². The first-order chi connectivity index (χ1) is 18.4. The predicted molar refractivity (Wildman–Crippen MR) is 142 cm³/mol. The van der Waals surface area contributed by atoms with Gasteiger partial charge in [0, 0.05) is 39.5 Å². The van der Waals surface area contributed by atoms with Crippen LogP contribution in [0.2, 0.25) is 5.02 Å². The molecule has 2 saturated heterocycles. The molecule has 12 heteroatoms. The number of nitrogens with one attached hydrogen (secondary N) is 1. The molecule has 2 fully saturated rings. The summed E-state index contributed by atoms with van der Waals surface area (Å²) in [5.74, 6) is 0.417. The van der Waals surface area contributed by atoms with Crippen LogP contribution in [-0.4, -0.2) is 69.3 Å². The Labute approximate surface area is 223 Å². The number of halogens is 1. The zero-order valence-electron chi connectivity index (χ0n) is 20.6. The molecule has 0 radical (unpaired) electrons. The molecule has 5 heterocycles. The standard InChI is InChI=1S/C26H26ClN7O4/c1-14-6-29-8-22(31-14)15-2-3-19(21(27)5-15)20-4-16-7-30-26(32-18-12-36-13-18)33-24(16)34(25(20)35)9-23-37-10-17(28)11-38-23/h2-8,17-18,23H,9-13,28H2,1H3,(H,30,32,33). The summed E-state index contributed by atoms with van der Waals surface area (Å²) in [5.41, 5.74) is 9.37. The molecule has 0 amide bonds. The molecule has 0 atom stereocenters. The summed E-state index contributed by atoms with van der Waals surface area (Å²) >= 11 is 6.73. The number of aromatic nitrogens is 5. The minimum absolute atomic E-state index is 0.132. The molecular weight excluding hydrogens is 510 g/mol. The molecule has 0 bridgehead atoms. The lowest BCUT2D eigenvalue weighted by Crippen LogP contribution is -2.43. The molecule has 2 aliphatic rings. The lowest BCUT2D eigenvalue weighted by Gasteiger charge is -2.28. The monoisotopic (exact) mass is 535 g/mol. The van der Waals surface area contributed by atoms with Gasteiger partial charge in [-0.3, -0.25) is 14.3 Å². The molecule has 1 aromatic carbocycles. The van der Waals surface area contributed by atoms with Crippen LogP contribution in [0.5, 0.6) is 0 Å². The van der Waals surface area contributed by atoms with Crippen molar-refractivity contribution in [2.45, 2.75) is 31.8 Å². The number of ether oxygens (including phenoxy) is 3. The first-order valence-corrected chi connectivity index (χ1v) is 12.6. The summed E-state index contributed by atoms with van der Waals surface area (Å²) in [4.78, 5) is 31.8. The fourth-order valence-corrected chi connectivity index (χ4v) is 4.68. The van der Waals surface area contributed by atoms with E-state index in [1.165, 1.54) is 0 Å². The van der Waals surface area contributed by atoms with Gasteiger partial charge in [-0.1, -0.05) is 23.7 Å². The molecule has 0 unspecified atom stereocenters. The van der Waals surface area contributed by atoms with Gasteiger partial charge in [0.05, 0.1) is 62.6 Å². The number of hydrogen-bond acceptors (Lipinski definition) is 10. The van der Waals surface area contributed by atoms with Gasteiger partial charge < -0.3 is 25.3 Å². The van der Waals surface area contributed by atoms with E-state index in [0.717, 1.165) is 11.3 Å². The van der Waals surface area contributed by atoms with Crippen LogP contribution in [0.25, 0.3) is 33.4 Å². The number of anilines is 1. The largest absolute Gasteiger partial charge is 0.377 e. The topological polar surface area (TPSA) is 139 Å². The summed E-state index contributed by atoms with van der Waals surface area (Å²) in [6, 6.07) is 7.16. The maximum atomic E-state index is 13.9. The number of benzene rings is 1. The van der Waals surface area contributed by atoms with E-state index in [9.17, 15) is 4.79 Å². The van der Waals surface area contributed by atoms with Crippen LogP contribution in [0.1, 0.15) is 5.69 Å². The Bertz CT molecular complexity index is 1550. The normalized spacial score (nSPS) is 19.9. The molecule has 0 spiro atoms. The van der Waals surface area contributed by atoms with E-state index in [4.69, 9.17) is 31.5 Å². The summed E-state index contributed by atoms with van der Waals surface area (Å²) in [6.45, 7) is 3.86. The van der Waals surface area contributed by atoms with E-state index in [1.807, 2.05) is 19.1 Å². The minimum Gasteiger partial charge on any atom is -0.377 e. The van der Waals surface area contributed by atoms with Crippen molar-refractivity contribution in [3.8, 4) is 22.4 Å². The minimum atomic E-state index is -0.643. The number of nitrogens with zero attached hydrogens (tertiary/aromatic N) is 5. The number of pyridine rings is 1. The summed E-state index contributed by atoms with van der Waals surface area (Å²) in [6.07, 6.45) is 4.41. The third-order valence-electron chi connectivity index (χ3n) is 6.43. The zero-order chi connectivity index (χ0) is 26.2. The first kappa shape index (κ1) is 24.8. The zero-order valence-corrected chi connectivity index (χ0v) is 21.4. The van der Waals surface area contributed by atoms with E-state index in [2.05, 4.69) is 25.3 Å². The van der Waals surface area contributed by atoms with Crippen LogP contribution in [0.4, 0.5) is 5.95 Å². The van der Waals surface area contributed by atoms with E-state index in [1.54, 1.807) is 35.3 Å². The summed E-state index contributed by atoms with van der Waals surface area (Å²) in [7, 11) is 0. The van der Waals surface area contributed by atoms with E-state index >= 15 is 0 Å². The van der Waals surface area contributed by atoms with Crippen molar-refractivity contribution in [2.75, 3.05) is 31.7 Å². The highest BCUT2D eigenvalue weighted by Gasteiger charge is 2.24. The molecule has 3 aromatic heterocycles. The van der Waals surface area contributed by atoms with Gasteiger partial charge in [-0.2, -0.15) is 4.98 Å². The third-order valence-corrected chi connectivity index (χ3v) is 6.75. The Hall–Kier alpha value is -3.48. The Morgan fingerprint density at radius 1 is 1.08 bits per heavy atom. The molecule has 2 aliphatic heterocycles. The van der Waals surface area contributed by atoms with Crippen molar-refractivity contribution in [1.29, 1.82) is 0 Å². The first-order valence-electron chi connectivity index (χ1n) is 12.3. The van der Waals surface area contributed by atoms with Crippen molar-refractivity contribution in [3.05, 3.63) is 63.9 Å². The average Bonchev–Trinajstić information content (AvgIpc) is 2.89. The Morgan fingerprint density at radius 3 is 2.61 bits per heavy atom. The number of nitrogens with two attached hydrogens (primary N) is 1. The Balaban J connectivity index is 1.43. The highest BCUT2D eigenvalue weighted by atomic mass is 35.5. The van der Waals surface area contributed by atoms with Gasteiger partial charge in [-0.15, -0.1) is 0 Å². The van der Waals surface area contributed by atoms with Crippen LogP contribution in [-0.2, 0) is 20.8 Å². The summed E-state index contributed by atoms with van der Waals surface area (Å²) in [5, 5.41) is 4.32. The van der Waals surface area contributed by atoms with Gasteiger partial charge in [0.25, 0.3) is 5.56 Å². The number of rotatable bonds is 6. The van der Waals surface area contributed by atoms with Crippen LogP contribution in [0, 0.1) is 6.92 Å². The smallest absolute Gasteiger partial charge is 0.260 e. The van der Waals surface area contributed by atoms with Gasteiger partial charge in [-0.05, 0) is 19.1 Å². The Morgan fingerprint density at radius 2 is 1.89 bits per heavy atom. The van der Waals surface area contributed by atoms with Gasteiger partial charge in [0.1, 0.15) is 5.65 Å². The van der Waals surface area contributed by atoms with Crippen molar-refractivity contribution in [2.24, 2.45) is 5.73 Å². The number of aryl methyl sites for hydroxylation is 1. The second-order valence-electron chi connectivity index (χ2n) is 9.42. The van der Waals surface area contributed by atoms with E-state index < -0.39 is 6.29 Å². The molecule has 3 N–H and O–H groups in total. The van der Waals surface area contributed by atoms with Crippen LogP contribution < -0.4 is 16.6 Å². The SMILES string of the molecule is Cc1cncc(-c2ccc(-c3cc4cnc(NC5COC5)nc4n(CC4OCC(N)CO4)c3=O)c(Cl)c2)n1. The quantitative estimate of drug-likeness (QED) is 0.378. The molecule has 0 aliphatic carbocycles. The molecule has 6 rings (SSSR count). The van der Waals surface area contributed by atoms with Crippen molar-refractivity contribution in [3.63, 3.8) is 0 Å². The van der Waals surface area contributed by atoms with Crippen LogP contribution in [0.3, 0.4) is 0 Å². The molecule has 11 nitrogen and oxygen atoms in total. The molecule has 38 heavy (non-hydrogen) atoms. The van der Waals surface area contributed by atoms with E-state index in [0.29, 0.717) is 65.3 Å². The number of hydrogen-bond donors (Lipinski definition) is 2.